The van der Waals surface area contributed by atoms with Crippen LogP contribution in [0, 0.1) is 11.8 Å². The van der Waals surface area contributed by atoms with E-state index < -0.39 is 23.8 Å². The van der Waals surface area contributed by atoms with Crippen LogP contribution in [0.1, 0.15) is 18.9 Å². The van der Waals surface area contributed by atoms with Crippen LogP contribution >= 0.6 is 0 Å². The normalized spacial score (nSPS) is 34.0. The summed E-state index contributed by atoms with van der Waals surface area (Å²) in [6.45, 7) is 3.03. The molecule has 0 aromatic heterocycles. The number of carbonyl (C=O) groups excluding carboxylic acids is 2. The third kappa shape index (κ3) is 2.03. The minimum Gasteiger partial charge on any atom is -0.463 e. The number of fused-ring (bicyclic) bond motifs is 6. The van der Waals surface area contributed by atoms with E-state index in [9.17, 15) is 9.59 Å². The fraction of sp³-hybridized carbons (Fsp3) is 0.500. The molecule has 1 aliphatic carbocycles. The zero-order valence-electron chi connectivity index (χ0n) is 14.5. The van der Waals surface area contributed by atoms with Crippen LogP contribution in [-0.4, -0.2) is 49.6 Å². The molecule has 6 heteroatoms. The summed E-state index contributed by atoms with van der Waals surface area (Å²) in [5.41, 5.74) is 1.66. The Kier molecular flexibility index (Phi) is 3.57. The summed E-state index contributed by atoms with van der Waals surface area (Å²) >= 11 is 0. The summed E-state index contributed by atoms with van der Waals surface area (Å²) in [6, 6.07) is 9.32. The molecular formula is C20H20O6. The van der Waals surface area contributed by atoms with Gasteiger partial charge in [0.15, 0.2) is 11.6 Å². The van der Waals surface area contributed by atoms with E-state index in [2.05, 4.69) is 0 Å². The van der Waals surface area contributed by atoms with Gasteiger partial charge in [0, 0.05) is 17.9 Å². The maximum Gasteiger partial charge on any atom is 0.335 e. The van der Waals surface area contributed by atoms with Crippen molar-refractivity contribution in [3.05, 3.63) is 41.5 Å². The van der Waals surface area contributed by atoms with Crippen molar-refractivity contribution < 1.29 is 28.5 Å². The van der Waals surface area contributed by atoms with Crippen molar-refractivity contribution in [2.75, 3.05) is 19.8 Å². The van der Waals surface area contributed by atoms with Crippen molar-refractivity contribution in [1.82, 2.24) is 0 Å². The lowest BCUT2D eigenvalue weighted by molar-refractivity contribution is -0.200. The van der Waals surface area contributed by atoms with Crippen LogP contribution in [0.25, 0.3) is 5.57 Å². The van der Waals surface area contributed by atoms with Gasteiger partial charge in [-0.25, -0.2) is 4.79 Å². The first-order chi connectivity index (χ1) is 12.7. The largest absolute Gasteiger partial charge is 0.463 e. The van der Waals surface area contributed by atoms with Gasteiger partial charge in [-0.05, 0) is 12.5 Å². The second-order valence-corrected chi connectivity index (χ2v) is 7.10. The molecule has 6 nitrogen and oxygen atoms in total. The summed E-state index contributed by atoms with van der Waals surface area (Å²) < 4.78 is 23.1. The van der Waals surface area contributed by atoms with Gasteiger partial charge in [0.05, 0.1) is 37.4 Å². The first-order valence-corrected chi connectivity index (χ1v) is 9.10. The lowest BCUT2D eigenvalue weighted by Crippen LogP contribution is -2.49. The highest BCUT2D eigenvalue weighted by molar-refractivity contribution is 6.30. The van der Waals surface area contributed by atoms with Crippen LogP contribution in [-0.2, 0) is 28.5 Å². The number of allylic oxidation sites excluding steroid dienone is 1. The predicted molar refractivity (Wildman–Crippen MR) is 89.9 cm³/mol. The lowest BCUT2D eigenvalue weighted by Gasteiger charge is -2.34. The molecule has 1 aromatic carbocycles. The zero-order chi connectivity index (χ0) is 17.9. The number of rotatable bonds is 3. The lowest BCUT2D eigenvalue weighted by atomic mass is 9.75. The van der Waals surface area contributed by atoms with Gasteiger partial charge in [-0.3, -0.25) is 4.79 Å². The Labute approximate surface area is 151 Å². The van der Waals surface area contributed by atoms with Crippen LogP contribution < -0.4 is 0 Å². The molecule has 0 radical (unpaired) electrons. The van der Waals surface area contributed by atoms with Crippen LogP contribution in [0.2, 0.25) is 0 Å². The van der Waals surface area contributed by atoms with Crippen molar-refractivity contribution in [2.45, 2.75) is 31.3 Å². The number of esters is 1. The first-order valence-electron chi connectivity index (χ1n) is 9.10. The van der Waals surface area contributed by atoms with E-state index in [0.29, 0.717) is 30.8 Å². The monoisotopic (exact) mass is 356 g/mol. The molecule has 0 saturated carbocycles. The second-order valence-electron chi connectivity index (χ2n) is 7.10. The summed E-state index contributed by atoms with van der Waals surface area (Å²) in [6.07, 6.45) is -0.206. The molecule has 136 valence electrons. The highest BCUT2D eigenvalue weighted by atomic mass is 16.8. The quantitative estimate of drug-likeness (QED) is 0.768. The number of hydrogen-bond acceptors (Lipinski definition) is 6. The molecule has 3 aliphatic heterocycles. The molecule has 1 aromatic rings. The number of benzene rings is 1. The SMILES string of the molecule is CCOC(=O)C1=C(c2ccccc2)C(=O)[C@H]2[C@@H]1[C@@H]1CC3(OCCO3)[C@H]2O1. The van der Waals surface area contributed by atoms with Gasteiger partial charge in [0.25, 0.3) is 0 Å². The molecule has 4 aliphatic rings. The van der Waals surface area contributed by atoms with Crippen molar-refractivity contribution >= 4 is 17.3 Å². The van der Waals surface area contributed by atoms with Crippen LogP contribution in [0.3, 0.4) is 0 Å². The summed E-state index contributed by atoms with van der Waals surface area (Å²) in [4.78, 5) is 26.1. The van der Waals surface area contributed by atoms with E-state index in [4.69, 9.17) is 18.9 Å². The van der Waals surface area contributed by atoms with E-state index >= 15 is 0 Å². The van der Waals surface area contributed by atoms with E-state index in [1.54, 1.807) is 6.92 Å². The highest BCUT2D eigenvalue weighted by Crippen LogP contribution is 2.59. The molecule has 0 N–H and O–H groups in total. The smallest absolute Gasteiger partial charge is 0.335 e. The molecule has 5 rings (SSSR count). The first kappa shape index (κ1) is 16.2. The van der Waals surface area contributed by atoms with Gasteiger partial charge in [0.1, 0.15) is 6.10 Å². The minimum absolute atomic E-state index is 0.0741. The number of hydrogen-bond donors (Lipinski definition) is 0. The minimum atomic E-state index is -0.840. The molecule has 3 saturated heterocycles. The standard InChI is InChI=1S/C20H20O6/c1-2-23-19(22)15-13(11-6-4-3-5-7-11)17(21)16-14(15)12-10-20(18(16)26-12)24-8-9-25-20/h3-7,12,14,16,18H,2,8-10H2,1H3/t12-,14+,16+,18-/m0/s1. The maximum absolute atomic E-state index is 13.4. The van der Waals surface area contributed by atoms with E-state index in [1.165, 1.54) is 0 Å². The average Bonchev–Trinajstić information content (AvgIpc) is 3.39. The van der Waals surface area contributed by atoms with E-state index in [1.807, 2.05) is 30.3 Å². The maximum atomic E-state index is 13.4. The Morgan fingerprint density at radius 3 is 2.62 bits per heavy atom. The van der Waals surface area contributed by atoms with E-state index in [-0.39, 0.29) is 24.4 Å². The second kappa shape index (κ2) is 5.74. The van der Waals surface area contributed by atoms with Gasteiger partial charge in [-0.1, -0.05) is 30.3 Å². The molecule has 0 amide bonds. The highest BCUT2D eigenvalue weighted by Gasteiger charge is 2.70. The number of carbonyl (C=O) groups is 2. The molecule has 3 fully saturated rings. The molecular weight excluding hydrogens is 336 g/mol. The Hall–Kier alpha value is -2.02. The number of Topliss-reactive ketones (excluding diaryl/α,β-unsaturated/α-hetero) is 1. The molecule has 1 spiro atoms. The molecule has 0 unspecified atom stereocenters. The van der Waals surface area contributed by atoms with Crippen molar-refractivity contribution in [1.29, 1.82) is 0 Å². The van der Waals surface area contributed by atoms with Gasteiger partial charge in [-0.2, -0.15) is 0 Å². The number of ketones is 1. The van der Waals surface area contributed by atoms with Crippen LogP contribution in [0.4, 0.5) is 0 Å². The van der Waals surface area contributed by atoms with Gasteiger partial charge < -0.3 is 18.9 Å². The molecule has 2 bridgehead atoms. The Bertz CT molecular complexity index is 792. The van der Waals surface area contributed by atoms with Gasteiger partial charge >= 0.3 is 5.97 Å². The summed E-state index contributed by atoms with van der Waals surface area (Å²) in [5, 5.41) is 0. The average molecular weight is 356 g/mol. The third-order valence-corrected chi connectivity index (χ3v) is 5.84. The molecule has 26 heavy (non-hydrogen) atoms. The molecule has 4 atom stereocenters. The summed E-state index contributed by atoms with van der Waals surface area (Å²) in [5.74, 6) is -2.09. The topological polar surface area (TPSA) is 71.1 Å². The van der Waals surface area contributed by atoms with E-state index in [0.717, 1.165) is 5.56 Å². The van der Waals surface area contributed by atoms with Crippen LogP contribution in [0.15, 0.2) is 35.9 Å². The van der Waals surface area contributed by atoms with Crippen molar-refractivity contribution in [2.24, 2.45) is 11.8 Å². The third-order valence-electron chi connectivity index (χ3n) is 5.84. The Morgan fingerprint density at radius 1 is 1.19 bits per heavy atom. The fourth-order valence-corrected chi connectivity index (χ4v) is 4.96. The number of ether oxygens (including phenoxy) is 4. The van der Waals surface area contributed by atoms with Gasteiger partial charge in [0.2, 0.25) is 0 Å². The van der Waals surface area contributed by atoms with Crippen LogP contribution in [0.5, 0.6) is 0 Å². The Morgan fingerprint density at radius 2 is 1.92 bits per heavy atom. The van der Waals surface area contributed by atoms with Gasteiger partial charge in [-0.15, -0.1) is 0 Å². The van der Waals surface area contributed by atoms with Crippen molar-refractivity contribution in [3.63, 3.8) is 0 Å². The molecule has 3 heterocycles. The predicted octanol–water partition coefficient (Wildman–Crippen LogP) is 1.73. The fourth-order valence-electron chi connectivity index (χ4n) is 4.96. The summed E-state index contributed by atoms with van der Waals surface area (Å²) in [7, 11) is 0. The Balaban J connectivity index is 1.61. The zero-order valence-corrected chi connectivity index (χ0v) is 14.5. The van der Waals surface area contributed by atoms with Crippen molar-refractivity contribution in [3.8, 4) is 0 Å².